The van der Waals surface area contributed by atoms with Crippen LogP contribution in [0.3, 0.4) is 0 Å². The zero-order valence-corrected chi connectivity index (χ0v) is 8.74. The van der Waals surface area contributed by atoms with Crippen LogP contribution >= 0.6 is 0 Å². The molecule has 0 amide bonds. The summed E-state index contributed by atoms with van der Waals surface area (Å²) in [5, 5.41) is 3.12. The van der Waals surface area contributed by atoms with Gasteiger partial charge in [-0.2, -0.15) is 0 Å². The van der Waals surface area contributed by atoms with E-state index in [9.17, 15) is 0 Å². The van der Waals surface area contributed by atoms with E-state index >= 15 is 0 Å². The summed E-state index contributed by atoms with van der Waals surface area (Å²) in [7, 11) is 0. The van der Waals surface area contributed by atoms with E-state index in [1.165, 1.54) is 19.3 Å². The summed E-state index contributed by atoms with van der Waals surface area (Å²) in [4.78, 5) is 6.52. The SMILES string of the molecule is C#CC1(N2CCCCC2)N=C(N)C=CN1. The first-order valence-electron chi connectivity index (χ1n) is 5.29. The van der Waals surface area contributed by atoms with E-state index in [1.54, 1.807) is 12.3 Å². The number of hydrogen-bond acceptors (Lipinski definition) is 4. The molecule has 4 nitrogen and oxygen atoms in total. The van der Waals surface area contributed by atoms with Gasteiger partial charge in [-0.25, -0.2) is 4.99 Å². The smallest absolute Gasteiger partial charge is 0.254 e. The molecular weight excluding hydrogens is 188 g/mol. The first-order valence-corrected chi connectivity index (χ1v) is 5.29. The fraction of sp³-hybridized carbons (Fsp3) is 0.545. The van der Waals surface area contributed by atoms with E-state index in [-0.39, 0.29) is 0 Å². The second-order valence-electron chi connectivity index (χ2n) is 3.88. The predicted molar refractivity (Wildman–Crippen MR) is 60.9 cm³/mol. The van der Waals surface area contributed by atoms with Crippen molar-refractivity contribution in [1.82, 2.24) is 10.2 Å². The summed E-state index contributed by atoms with van der Waals surface area (Å²) in [6.45, 7) is 1.95. The fourth-order valence-corrected chi connectivity index (χ4v) is 2.04. The molecule has 2 rings (SSSR count). The Morgan fingerprint density at radius 3 is 2.80 bits per heavy atom. The van der Waals surface area contributed by atoms with Gasteiger partial charge in [-0.15, -0.1) is 6.42 Å². The van der Waals surface area contributed by atoms with Gasteiger partial charge in [-0.1, -0.05) is 6.42 Å². The Morgan fingerprint density at radius 1 is 1.47 bits per heavy atom. The van der Waals surface area contributed by atoms with Crippen LogP contribution in [0.4, 0.5) is 0 Å². The van der Waals surface area contributed by atoms with Crippen molar-refractivity contribution in [2.75, 3.05) is 13.1 Å². The normalized spacial score (nSPS) is 31.5. The van der Waals surface area contributed by atoms with E-state index in [0.717, 1.165) is 13.1 Å². The number of nitrogens with one attached hydrogen (secondary N) is 1. The van der Waals surface area contributed by atoms with E-state index in [1.807, 2.05) is 0 Å². The maximum absolute atomic E-state index is 5.69. The minimum absolute atomic E-state index is 0.484. The molecule has 1 atom stereocenters. The van der Waals surface area contributed by atoms with Crippen LogP contribution in [-0.2, 0) is 0 Å². The Hall–Kier alpha value is -1.47. The zero-order chi connectivity index (χ0) is 10.7. The number of aliphatic imine (C=N–C) groups is 1. The van der Waals surface area contributed by atoms with Gasteiger partial charge in [0.25, 0.3) is 5.79 Å². The van der Waals surface area contributed by atoms with Gasteiger partial charge in [0.1, 0.15) is 5.84 Å². The third kappa shape index (κ3) is 1.83. The van der Waals surface area contributed by atoms with Gasteiger partial charge in [-0.3, -0.25) is 4.90 Å². The molecule has 1 fully saturated rings. The van der Waals surface area contributed by atoms with E-state index in [2.05, 4.69) is 21.1 Å². The molecule has 4 heteroatoms. The second-order valence-corrected chi connectivity index (χ2v) is 3.88. The van der Waals surface area contributed by atoms with Crippen LogP contribution in [0, 0.1) is 12.3 Å². The van der Waals surface area contributed by atoms with Gasteiger partial charge >= 0.3 is 0 Å². The lowest BCUT2D eigenvalue weighted by molar-refractivity contribution is 0.101. The predicted octanol–water partition coefficient (Wildman–Crippen LogP) is 0.233. The summed E-state index contributed by atoms with van der Waals surface area (Å²) >= 11 is 0. The molecule has 0 bridgehead atoms. The average Bonchev–Trinajstić information content (AvgIpc) is 2.30. The van der Waals surface area contributed by atoms with Gasteiger partial charge in [0, 0.05) is 19.3 Å². The molecule has 0 aromatic heterocycles. The zero-order valence-electron chi connectivity index (χ0n) is 8.74. The van der Waals surface area contributed by atoms with Crippen molar-refractivity contribution in [2.24, 2.45) is 10.7 Å². The van der Waals surface area contributed by atoms with Crippen molar-refractivity contribution >= 4 is 5.84 Å². The second kappa shape index (κ2) is 3.95. The first-order chi connectivity index (χ1) is 7.27. The van der Waals surface area contributed by atoms with Gasteiger partial charge in [-0.05, 0) is 24.8 Å². The van der Waals surface area contributed by atoms with Crippen molar-refractivity contribution in [1.29, 1.82) is 0 Å². The number of nitrogens with zero attached hydrogens (tertiary/aromatic N) is 2. The van der Waals surface area contributed by atoms with Crippen molar-refractivity contribution in [2.45, 2.75) is 25.0 Å². The molecule has 0 radical (unpaired) electrons. The van der Waals surface area contributed by atoms with Crippen molar-refractivity contribution in [3.8, 4) is 12.3 Å². The highest BCUT2D eigenvalue weighted by Gasteiger charge is 2.35. The summed E-state index contributed by atoms with van der Waals surface area (Å²) < 4.78 is 0. The van der Waals surface area contributed by atoms with Crippen LogP contribution in [-0.4, -0.2) is 29.6 Å². The highest BCUT2D eigenvalue weighted by atomic mass is 15.4. The Bertz CT molecular complexity index is 333. The fourth-order valence-electron chi connectivity index (χ4n) is 2.04. The Labute approximate surface area is 90.2 Å². The molecule has 80 valence electrons. The number of rotatable bonds is 1. The molecule has 2 heterocycles. The molecule has 0 aromatic carbocycles. The number of nitrogens with two attached hydrogens (primary N) is 1. The van der Waals surface area contributed by atoms with E-state index in [4.69, 9.17) is 12.2 Å². The van der Waals surface area contributed by atoms with E-state index < -0.39 is 5.79 Å². The molecule has 0 spiro atoms. The topological polar surface area (TPSA) is 53.6 Å². The summed E-state index contributed by atoms with van der Waals surface area (Å²) in [5.74, 6) is 2.45. The van der Waals surface area contributed by atoms with Gasteiger partial charge in [0.05, 0.1) is 0 Å². The number of hydrogen-bond donors (Lipinski definition) is 2. The standard InChI is InChI=1S/C11H16N4/c1-2-11(13-7-6-10(12)14-11)15-8-4-3-5-9-15/h1,6-7,13H,3-5,8-9H2,(H2,12,14). The molecule has 2 aliphatic heterocycles. The Balaban J connectivity index is 2.22. The molecule has 0 aliphatic carbocycles. The minimum Gasteiger partial charge on any atom is -0.384 e. The molecule has 15 heavy (non-hydrogen) atoms. The first kappa shape index (κ1) is 10.1. The molecule has 1 saturated heterocycles. The quantitative estimate of drug-likeness (QED) is 0.601. The summed E-state index contributed by atoms with van der Waals surface area (Å²) in [5.41, 5.74) is 5.69. The maximum atomic E-state index is 5.69. The van der Waals surface area contributed by atoms with Crippen LogP contribution in [0.5, 0.6) is 0 Å². The van der Waals surface area contributed by atoms with Crippen LogP contribution in [0.25, 0.3) is 0 Å². The third-order valence-corrected chi connectivity index (χ3v) is 2.84. The number of likely N-dealkylation sites (tertiary alicyclic amines) is 1. The van der Waals surface area contributed by atoms with Gasteiger partial charge < -0.3 is 11.1 Å². The Morgan fingerprint density at radius 2 is 2.20 bits per heavy atom. The highest BCUT2D eigenvalue weighted by Crippen LogP contribution is 2.21. The van der Waals surface area contributed by atoms with Crippen molar-refractivity contribution < 1.29 is 0 Å². The van der Waals surface area contributed by atoms with E-state index in [0.29, 0.717) is 5.84 Å². The number of terminal acetylenes is 1. The average molecular weight is 204 g/mol. The lowest BCUT2D eigenvalue weighted by atomic mass is 10.1. The van der Waals surface area contributed by atoms with Crippen LogP contribution < -0.4 is 11.1 Å². The largest absolute Gasteiger partial charge is 0.384 e. The molecule has 3 N–H and O–H groups in total. The number of amidine groups is 1. The van der Waals surface area contributed by atoms with Gasteiger partial charge in [0.15, 0.2) is 0 Å². The van der Waals surface area contributed by atoms with Gasteiger partial charge in [0.2, 0.25) is 0 Å². The maximum Gasteiger partial charge on any atom is 0.254 e. The monoisotopic (exact) mass is 204 g/mol. The molecule has 1 unspecified atom stereocenters. The van der Waals surface area contributed by atoms with Crippen molar-refractivity contribution in [3.05, 3.63) is 12.3 Å². The molecule has 0 aromatic rings. The molecule has 0 saturated carbocycles. The lowest BCUT2D eigenvalue weighted by Gasteiger charge is -2.40. The van der Waals surface area contributed by atoms with Crippen LogP contribution in [0.2, 0.25) is 0 Å². The summed E-state index contributed by atoms with van der Waals surface area (Å²) in [6.07, 6.45) is 12.7. The molecular formula is C11H16N4. The Kier molecular flexibility index (Phi) is 2.65. The van der Waals surface area contributed by atoms with Crippen LogP contribution in [0.15, 0.2) is 17.3 Å². The summed E-state index contributed by atoms with van der Waals surface area (Å²) in [6, 6.07) is 0. The van der Waals surface area contributed by atoms with Crippen LogP contribution in [0.1, 0.15) is 19.3 Å². The minimum atomic E-state index is -0.751. The molecule has 2 aliphatic rings. The number of piperidine rings is 1. The third-order valence-electron chi connectivity index (χ3n) is 2.84. The highest BCUT2D eigenvalue weighted by molar-refractivity contribution is 5.92. The van der Waals surface area contributed by atoms with Crippen molar-refractivity contribution in [3.63, 3.8) is 0 Å². The lowest BCUT2D eigenvalue weighted by Crippen LogP contribution is -2.58.